The highest BCUT2D eigenvalue weighted by atomic mass is 16.5. The summed E-state index contributed by atoms with van der Waals surface area (Å²) in [5.41, 5.74) is -0.759. The van der Waals surface area contributed by atoms with E-state index in [1.807, 2.05) is 0 Å². The molecule has 0 aliphatic heterocycles. The molecule has 25 heavy (non-hydrogen) atoms. The largest absolute Gasteiger partial charge is 0.493 e. The van der Waals surface area contributed by atoms with Gasteiger partial charge in [0.1, 0.15) is 5.54 Å². The van der Waals surface area contributed by atoms with Gasteiger partial charge in [-0.15, -0.1) is 0 Å². The Morgan fingerprint density at radius 1 is 1.12 bits per heavy atom. The zero-order valence-corrected chi connectivity index (χ0v) is 14.5. The number of benzene rings is 1. The highest BCUT2D eigenvalue weighted by Gasteiger charge is 2.42. The van der Waals surface area contributed by atoms with Crippen molar-refractivity contribution >= 4 is 11.9 Å². The minimum absolute atomic E-state index is 0.146. The molecule has 0 atom stereocenters. The summed E-state index contributed by atoms with van der Waals surface area (Å²) < 4.78 is 11.3. The Morgan fingerprint density at radius 3 is 2.40 bits per heavy atom. The molecule has 1 aromatic rings. The molecule has 136 valence electrons. The molecular formula is C19H25NO5. The second kappa shape index (κ2) is 7.33. The smallest absolute Gasteiger partial charge is 0.329 e. The van der Waals surface area contributed by atoms with E-state index in [2.05, 4.69) is 5.32 Å². The van der Waals surface area contributed by atoms with Crippen molar-refractivity contribution in [1.29, 1.82) is 0 Å². The van der Waals surface area contributed by atoms with Gasteiger partial charge in [0, 0.05) is 5.56 Å². The molecule has 1 amide bonds. The Hall–Kier alpha value is -2.24. The van der Waals surface area contributed by atoms with Crippen molar-refractivity contribution < 1.29 is 24.2 Å². The number of aliphatic carboxylic acids is 1. The first-order valence-corrected chi connectivity index (χ1v) is 8.95. The second-order valence-electron chi connectivity index (χ2n) is 6.94. The van der Waals surface area contributed by atoms with E-state index >= 15 is 0 Å². The quantitative estimate of drug-likeness (QED) is 0.826. The topological polar surface area (TPSA) is 84.9 Å². The number of carbonyl (C=O) groups is 2. The monoisotopic (exact) mass is 347 g/mol. The number of rotatable bonds is 6. The first kappa shape index (κ1) is 17.6. The average Bonchev–Trinajstić information content (AvgIpc) is 3.27. The Bertz CT molecular complexity index is 645. The van der Waals surface area contributed by atoms with Crippen molar-refractivity contribution in [3.05, 3.63) is 23.8 Å². The van der Waals surface area contributed by atoms with Crippen LogP contribution in [0.2, 0.25) is 0 Å². The molecule has 2 N–H and O–H groups in total. The van der Waals surface area contributed by atoms with Crippen LogP contribution < -0.4 is 14.8 Å². The molecule has 2 aliphatic carbocycles. The summed E-state index contributed by atoms with van der Waals surface area (Å²) in [4.78, 5) is 24.3. The third-order valence-corrected chi connectivity index (χ3v) is 5.24. The number of amides is 1. The Kier molecular flexibility index (Phi) is 5.16. The van der Waals surface area contributed by atoms with Crippen LogP contribution in [0.4, 0.5) is 0 Å². The van der Waals surface area contributed by atoms with Crippen LogP contribution >= 0.6 is 0 Å². The third-order valence-electron chi connectivity index (χ3n) is 5.24. The molecule has 2 fully saturated rings. The van der Waals surface area contributed by atoms with E-state index in [0.29, 0.717) is 29.9 Å². The van der Waals surface area contributed by atoms with Crippen LogP contribution in [0.3, 0.4) is 0 Å². The van der Waals surface area contributed by atoms with Crippen LogP contribution in [-0.2, 0) is 4.79 Å². The maximum Gasteiger partial charge on any atom is 0.329 e. The number of hydrogen-bond donors (Lipinski definition) is 2. The number of hydrogen-bond acceptors (Lipinski definition) is 4. The van der Waals surface area contributed by atoms with E-state index in [0.717, 1.165) is 38.5 Å². The van der Waals surface area contributed by atoms with Crippen LogP contribution in [0.1, 0.15) is 61.7 Å². The molecule has 0 spiro atoms. The summed E-state index contributed by atoms with van der Waals surface area (Å²) in [7, 11) is 1.56. The van der Waals surface area contributed by atoms with Crippen molar-refractivity contribution in [3.8, 4) is 11.5 Å². The molecule has 0 aromatic heterocycles. The first-order valence-electron chi connectivity index (χ1n) is 8.95. The fraction of sp³-hybridized carbons (Fsp3) is 0.579. The third kappa shape index (κ3) is 3.72. The van der Waals surface area contributed by atoms with Gasteiger partial charge in [-0.1, -0.05) is 12.8 Å². The van der Waals surface area contributed by atoms with Crippen molar-refractivity contribution in [2.24, 2.45) is 0 Å². The van der Waals surface area contributed by atoms with Crippen LogP contribution in [0, 0.1) is 0 Å². The summed E-state index contributed by atoms with van der Waals surface area (Å²) in [5, 5.41) is 12.3. The molecule has 0 heterocycles. The number of carboxylic acid groups (broad SMARTS) is 1. The van der Waals surface area contributed by atoms with Crippen LogP contribution in [0.5, 0.6) is 11.5 Å². The van der Waals surface area contributed by atoms with Crippen molar-refractivity contribution in [2.45, 2.75) is 63.0 Å². The maximum atomic E-state index is 12.6. The minimum Gasteiger partial charge on any atom is -0.493 e. The van der Waals surface area contributed by atoms with E-state index < -0.39 is 11.5 Å². The summed E-state index contributed by atoms with van der Waals surface area (Å²) in [5.74, 6) is -0.229. The van der Waals surface area contributed by atoms with Gasteiger partial charge in [-0.25, -0.2) is 4.79 Å². The molecule has 3 rings (SSSR count). The van der Waals surface area contributed by atoms with Crippen LogP contribution in [-0.4, -0.2) is 35.7 Å². The number of carboxylic acids is 1. The summed E-state index contributed by atoms with van der Waals surface area (Å²) in [6.07, 6.45) is 7.00. The highest BCUT2D eigenvalue weighted by Crippen LogP contribution is 2.34. The van der Waals surface area contributed by atoms with Gasteiger partial charge in [0.2, 0.25) is 0 Å². The Labute approximate surface area is 147 Å². The van der Waals surface area contributed by atoms with Gasteiger partial charge < -0.3 is 19.9 Å². The summed E-state index contributed by atoms with van der Waals surface area (Å²) in [6.45, 7) is 0. The molecule has 6 heteroatoms. The van der Waals surface area contributed by atoms with Gasteiger partial charge in [0.25, 0.3) is 5.91 Å². The lowest BCUT2D eigenvalue weighted by Gasteiger charge is -2.25. The lowest BCUT2D eigenvalue weighted by Crippen LogP contribution is -2.52. The molecule has 2 aliphatic rings. The predicted molar refractivity (Wildman–Crippen MR) is 92.2 cm³/mol. The zero-order chi connectivity index (χ0) is 17.9. The number of ether oxygens (including phenoxy) is 2. The number of carbonyl (C=O) groups excluding carboxylic acids is 1. The number of methoxy groups -OCH3 is 1. The predicted octanol–water partition coefficient (Wildman–Crippen LogP) is 3.14. The lowest BCUT2D eigenvalue weighted by molar-refractivity contribution is -0.144. The Morgan fingerprint density at radius 2 is 1.80 bits per heavy atom. The standard InChI is InChI=1S/C19H25NO5/c1-24-15-9-8-13(12-16(15)25-14-6-2-3-7-14)17(21)20-19(18(22)23)10-4-5-11-19/h8-9,12,14H,2-7,10-11H2,1H3,(H,20,21)(H,22,23). The maximum absolute atomic E-state index is 12.6. The van der Waals surface area contributed by atoms with E-state index in [9.17, 15) is 14.7 Å². The van der Waals surface area contributed by atoms with Gasteiger partial charge in [-0.05, 0) is 56.7 Å². The van der Waals surface area contributed by atoms with Crippen LogP contribution in [0.25, 0.3) is 0 Å². The van der Waals surface area contributed by atoms with Gasteiger partial charge >= 0.3 is 5.97 Å². The SMILES string of the molecule is COc1ccc(C(=O)NC2(C(=O)O)CCCC2)cc1OC1CCCC1. The second-order valence-corrected chi connectivity index (χ2v) is 6.94. The van der Waals surface area contributed by atoms with Gasteiger partial charge in [-0.2, -0.15) is 0 Å². The molecule has 0 unspecified atom stereocenters. The van der Waals surface area contributed by atoms with Gasteiger partial charge in [0.05, 0.1) is 13.2 Å². The van der Waals surface area contributed by atoms with E-state index in [1.165, 1.54) is 0 Å². The molecule has 2 saturated carbocycles. The zero-order valence-electron chi connectivity index (χ0n) is 14.5. The summed E-state index contributed by atoms with van der Waals surface area (Å²) in [6, 6.07) is 4.98. The highest BCUT2D eigenvalue weighted by molar-refractivity contribution is 5.98. The molecular weight excluding hydrogens is 322 g/mol. The van der Waals surface area contributed by atoms with E-state index in [-0.39, 0.29) is 12.0 Å². The fourth-order valence-electron chi connectivity index (χ4n) is 3.76. The van der Waals surface area contributed by atoms with Crippen molar-refractivity contribution in [2.75, 3.05) is 7.11 Å². The van der Waals surface area contributed by atoms with Gasteiger partial charge in [0.15, 0.2) is 11.5 Å². The molecule has 0 radical (unpaired) electrons. The number of nitrogens with one attached hydrogen (secondary N) is 1. The first-order chi connectivity index (χ1) is 12.0. The van der Waals surface area contributed by atoms with Gasteiger partial charge in [-0.3, -0.25) is 4.79 Å². The Balaban J connectivity index is 1.78. The van der Waals surface area contributed by atoms with Crippen molar-refractivity contribution in [1.82, 2.24) is 5.32 Å². The molecule has 0 saturated heterocycles. The molecule has 0 bridgehead atoms. The van der Waals surface area contributed by atoms with E-state index in [1.54, 1.807) is 25.3 Å². The van der Waals surface area contributed by atoms with Crippen LogP contribution in [0.15, 0.2) is 18.2 Å². The minimum atomic E-state index is -1.15. The lowest BCUT2D eigenvalue weighted by atomic mass is 9.97. The fourth-order valence-corrected chi connectivity index (χ4v) is 3.76. The average molecular weight is 347 g/mol. The molecule has 6 nitrogen and oxygen atoms in total. The van der Waals surface area contributed by atoms with Crippen molar-refractivity contribution in [3.63, 3.8) is 0 Å². The summed E-state index contributed by atoms with van der Waals surface area (Å²) >= 11 is 0. The normalized spacial score (nSPS) is 19.6. The van der Waals surface area contributed by atoms with E-state index in [4.69, 9.17) is 9.47 Å². The molecule has 1 aromatic carbocycles.